The van der Waals surface area contributed by atoms with E-state index in [9.17, 15) is 0 Å². The zero-order valence-electron chi connectivity index (χ0n) is 8.95. The Balaban J connectivity index is 0. The Bertz CT molecular complexity index is 143. The molecule has 0 nitrogen and oxygen atoms in total. The van der Waals surface area contributed by atoms with Gasteiger partial charge in [0.1, 0.15) is 0 Å². The van der Waals surface area contributed by atoms with Gasteiger partial charge >= 0.3 is 0 Å². The molecule has 12 heavy (non-hydrogen) atoms. The minimum atomic E-state index is 0.893. The van der Waals surface area contributed by atoms with E-state index >= 15 is 0 Å². The highest BCUT2D eigenvalue weighted by Gasteiger charge is 1.95. The number of halogens is 1. The lowest BCUT2D eigenvalue weighted by Gasteiger charge is -1.99. The molecule has 0 spiro atoms. The van der Waals surface area contributed by atoms with E-state index in [0.717, 1.165) is 17.9 Å². The summed E-state index contributed by atoms with van der Waals surface area (Å²) in [7, 11) is 0. The number of hydrogen-bond acceptors (Lipinski definition) is 0. The van der Waals surface area contributed by atoms with Crippen molar-refractivity contribution >= 4 is 11.6 Å². The van der Waals surface area contributed by atoms with Gasteiger partial charge in [0.25, 0.3) is 0 Å². The van der Waals surface area contributed by atoms with E-state index in [4.69, 9.17) is 11.6 Å². The normalized spacial score (nSPS) is 12.2. The summed E-state index contributed by atoms with van der Waals surface area (Å²) in [6.45, 7) is 10.2. The van der Waals surface area contributed by atoms with Crippen molar-refractivity contribution in [2.75, 3.05) is 0 Å². The van der Waals surface area contributed by atoms with Crippen LogP contribution in [0.1, 0.15) is 47.5 Å². The third-order valence-corrected chi connectivity index (χ3v) is 1.85. The van der Waals surface area contributed by atoms with E-state index in [1.54, 1.807) is 0 Å². The van der Waals surface area contributed by atoms with Crippen LogP contribution in [0.25, 0.3) is 0 Å². The first-order chi connectivity index (χ1) is 5.76. The van der Waals surface area contributed by atoms with E-state index in [1.807, 2.05) is 26.8 Å². The number of hydrogen-bond donors (Lipinski definition) is 0. The lowest BCUT2D eigenvalue weighted by molar-refractivity contribution is 1.09. The van der Waals surface area contributed by atoms with Gasteiger partial charge in [0.2, 0.25) is 0 Å². The van der Waals surface area contributed by atoms with Crippen LogP contribution in [0.2, 0.25) is 0 Å². The van der Waals surface area contributed by atoms with Crippen molar-refractivity contribution in [2.45, 2.75) is 47.5 Å². The molecule has 0 saturated carbocycles. The predicted octanol–water partition coefficient (Wildman–Crippen LogP) is 4.90. The fraction of sp³-hybridized carbons (Fsp3) is 0.636. The molecular formula is C11H21Cl. The van der Waals surface area contributed by atoms with E-state index in [0.29, 0.717) is 0 Å². The molecule has 0 fully saturated rings. The summed E-state index contributed by atoms with van der Waals surface area (Å²) in [6, 6.07) is 0. The summed E-state index contributed by atoms with van der Waals surface area (Å²) in [5, 5.41) is 0.893. The van der Waals surface area contributed by atoms with Crippen LogP contribution in [0.5, 0.6) is 0 Å². The van der Waals surface area contributed by atoms with Crippen molar-refractivity contribution in [1.29, 1.82) is 0 Å². The molecule has 0 N–H and O–H groups in total. The Morgan fingerprint density at radius 3 is 2.00 bits per heavy atom. The molecule has 0 aliphatic rings. The third-order valence-electron chi connectivity index (χ3n) is 1.39. The van der Waals surface area contributed by atoms with E-state index in [2.05, 4.69) is 19.9 Å². The molecule has 0 aliphatic carbocycles. The van der Waals surface area contributed by atoms with Crippen LogP contribution in [0.15, 0.2) is 22.8 Å². The van der Waals surface area contributed by atoms with Gasteiger partial charge in [-0.1, -0.05) is 51.4 Å². The Labute approximate surface area is 82.3 Å². The van der Waals surface area contributed by atoms with Crippen LogP contribution in [0.3, 0.4) is 0 Å². The molecule has 72 valence electrons. The van der Waals surface area contributed by atoms with Crippen molar-refractivity contribution < 1.29 is 0 Å². The minimum absolute atomic E-state index is 0.893. The first-order valence-corrected chi connectivity index (χ1v) is 5.15. The fourth-order valence-electron chi connectivity index (χ4n) is 0.843. The molecule has 0 aromatic heterocycles. The molecule has 0 aromatic carbocycles. The standard InChI is InChI=1S/C9H15Cl.C2H6/c1-4-7-8(5-2)9(10)6-3;1-2/h6-7H,4-5H2,1-3H3;1-2H3/b8-7-,9-6+;. The van der Waals surface area contributed by atoms with Crippen molar-refractivity contribution in [2.24, 2.45) is 0 Å². The summed E-state index contributed by atoms with van der Waals surface area (Å²) in [6.07, 6.45) is 6.19. The summed E-state index contributed by atoms with van der Waals surface area (Å²) in [5.74, 6) is 0. The minimum Gasteiger partial charge on any atom is -0.0844 e. The molecule has 0 bridgehead atoms. The van der Waals surface area contributed by atoms with Crippen LogP contribution in [-0.4, -0.2) is 0 Å². The van der Waals surface area contributed by atoms with Gasteiger partial charge in [-0.05, 0) is 25.3 Å². The monoisotopic (exact) mass is 188 g/mol. The van der Waals surface area contributed by atoms with Gasteiger partial charge in [-0.3, -0.25) is 0 Å². The average Bonchev–Trinajstić information content (AvgIpc) is 2.16. The molecule has 0 atom stereocenters. The van der Waals surface area contributed by atoms with E-state index < -0.39 is 0 Å². The second kappa shape index (κ2) is 10.8. The highest BCUT2D eigenvalue weighted by atomic mass is 35.5. The Kier molecular flexibility index (Phi) is 12.8. The topological polar surface area (TPSA) is 0 Å². The lowest BCUT2D eigenvalue weighted by Crippen LogP contribution is -1.79. The summed E-state index contributed by atoms with van der Waals surface area (Å²) < 4.78 is 0. The Morgan fingerprint density at radius 1 is 1.25 bits per heavy atom. The molecule has 0 heterocycles. The Morgan fingerprint density at radius 2 is 1.75 bits per heavy atom. The molecular weight excluding hydrogens is 168 g/mol. The van der Waals surface area contributed by atoms with E-state index in [1.165, 1.54) is 5.57 Å². The van der Waals surface area contributed by atoms with Crippen molar-refractivity contribution in [3.8, 4) is 0 Å². The first kappa shape index (κ1) is 14.3. The van der Waals surface area contributed by atoms with Crippen LogP contribution < -0.4 is 0 Å². The summed E-state index contributed by atoms with van der Waals surface area (Å²) in [4.78, 5) is 0. The maximum absolute atomic E-state index is 5.90. The van der Waals surface area contributed by atoms with Crippen molar-refractivity contribution in [3.63, 3.8) is 0 Å². The SMILES string of the molecule is C/C=C(Cl)\C(=C/CC)CC.CC. The third kappa shape index (κ3) is 6.48. The van der Waals surface area contributed by atoms with Gasteiger partial charge in [0.15, 0.2) is 0 Å². The van der Waals surface area contributed by atoms with Crippen LogP contribution in [0, 0.1) is 0 Å². The highest BCUT2D eigenvalue weighted by molar-refractivity contribution is 6.31. The second-order valence-electron chi connectivity index (χ2n) is 2.13. The van der Waals surface area contributed by atoms with Gasteiger partial charge < -0.3 is 0 Å². The first-order valence-electron chi connectivity index (χ1n) is 4.77. The molecule has 1 heteroatoms. The van der Waals surface area contributed by atoms with Crippen molar-refractivity contribution in [1.82, 2.24) is 0 Å². The quantitative estimate of drug-likeness (QED) is 0.553. The fourth-order valence-corrected chi connectivity index (χ4v) is 1.05. The molecule has 0 aliphatic heterocycles. The van der Waals surface area contributed by atoms with Gasteiger partial charge in [0, 0.05) is 5.03 Å². The predicted molar refractivity (Wildman–Crippen MR) is 59.6 cm³/mol. The average molecular weight is 189 g/mol. The van der Waals surface area contributed by atoms with Crippen LogP contribution in [-0.2, 0) is 0 Å². The maximum Gasteiger partial charge on any atom is 0.0392 e. The van der Waals surface area contributed by atoms with Crippen molar-refractivity contribution in [3.05, 3.63) is 22.8 Å². The highest BCUT2D eigenvalue weighted by Crippen LogP contribution is 2.17. The number of rotatable bonds is 3. The molecule has 0 amide bonds. The molecule has 0 radical (unpaired) electrons. The molecule has 0 aromatic rings. The summed E-state index contributed by atoms with van der Waals surface area (Å²) >= 11 is 5.90. The lowest BCUT2D eigenvalue weighted by atomic mass is 10.1. The number of allylic oxidation sites excluding steroid dienone is 4. The van der Waals surface area contributed by atoms with Gasteiger partial charge in [-0.15, -0.1) is 0 Å². The molecule has 0 saturated heterocycles. The molecule has 0 rings (SSSR count). The second-order valence-corrected chi connectivity index (χ2v) is 2.53. The largest absolute Gasteiger partial charge is 0.0844 e. The van der Waals surface area contributed by atoms with Gasteiger partial charge in [-0.2, -0.15) is 0 Å². The van der Waals surface area contributed by atoms with Gasteiger partial charge in [0.05, 0.1) is 0 Å². The van der Waals surface area contributed by atoms with Crippen LogP contribution >= 0.6 is 11.6 Å². The zero-order chi connectivity index (χ0) is 9.98. The van der Waals surface area contributed by atoms with Crippen LogP contribution in [0.4, 0.5) is 0 Å². The van der Waals surface area contributed by atoms with Gasteiger partial charge in [-0.25, -0.2) is 0 Å². The smallest absolute Gasteiger partial charge is 0.0392 e. The zero-order valence-corrected chi connectivity index (χ0v) is 9.70. The summed E-state index contributed by atoms with van der Waals surface area (Å²) in [5.41, 5.74) is 1.26. The Hall–Kier alpha value is -0.230. The maximum atomic E-state index is 5.90. The molecule has 0 unspecified atom stereocenters. The van der Waals surface area contributed by atoms with E-state index in [-0.39, 0.29) is 0 Å².